The van der Waals surface area contributed by atoms with Crippen molar-refractivity contribution >= 4 is 21.2 Å². The first-order valence-electron chi connectivity index (χ1n) is 5.43. The van der Waals surface area contributed by atoms with Crippen LogP contribution in [0.3, 0.4) is 0 Å². The lowest BCUT2D eigenvalue weighted by Crippen LogP contribution is -2.48. The number of thiazole rings is 1. The Morgan fingerprint density at radius 2 is 2.19 bits per heavy atom. The summed E-state index contributed by atoms with van der Waals surface area (Å²) in [4.78, 5) is 4.34. The van der Waals surface area contributed by atoms with Gasteiger partial charge in [0.15, 0.2) is 0 Å². The molecule has 1 aliphatic rings. The lowest BCUT2D eigenvalue weighted by atomic mass is 9.93. The summed E-state index contributed by atoms with van der Waals surface area (Å²) in [6.45, 7) is 2.87. The SMILES string of the molecule is CCNC1(c2nccs2)CCS(=O)(=O)CC1. The first-order chi connectivity index (χ1) is 7.58. The van der Waals surface area contributed by atoms with Gasteiger partial charge in [-0.2, -0.15) is 0 Å². The van der Waals surface area contributed by atoms with Crippen LogP contribution in [0.15, 0.2) is 11.6 Å². The van der Waals surface area contributed by atoms with Gasteiger partial charge in [-0.3, -0.25) is 0 Å². The molecule has 1 aromatic rings. The van der Waals surface area contributed by atoms with Gasteiger partial charge in [0, 0.05) is 11.6 Å². The van der Waals surface area contributed by atoms with E-state index >= 15 is 0 Å². The molecule has 0 unspecified atom stereocenters. The minimum Gasteiger partial charge on any atom is -0.306 e. The van der Waals surface area contributed by atoms with Crippen LogP contribution in [-0.2, 0) is 15.4 Å². The average Bonchev–Trinajstić information content (AvgIpc) is 2.76. The normalized spacial score (nSPS) is 23.1. The molecule has 1 fully saturated rings. The van der Waals surface area contributed by atoms with E-state index in [1.54, 1.807) is 17.5 Å². The number of rotatable bonds is 3. The molecule has 1 N–H and O–H groups in total. The van der Waals surface area contributed by atoms with Crippen LogP contribution in [-0.4, -0.2) is 31.5 Å². The number of sulfone groups is 1. The smallest absolute Gasteiger partial charge is 0.150 e. The van der Waals surface area contributed by atoms with Crippen molar-refractivity contribution in [2.45, 2.75) is 25.3 Å². The van der Waals surface area contributed by atoms with Crippen molar-refractivity contribution in [3.05, 3.63) is 16.6 Å². The largest absolute Gasteiger partial charge is 0.306 e. The lowest BCUT2D eigenvalue weighted by Gasteiger charge is -2.36. The Bertz CT molecular complexity index is 425. The molecule has 1 saturated heterocycles. The monoisotopic (exact) mass is 260 g/mol. The van der Waals surface area contributed by atoms with E-state index in [0.717, 1.165) is 11.6 Å². The fourth-order valence-corrected chi connectivity index (χ4v) is 4.55. The maximum absolute atomic E-state index is 11.5. The second kappa shape index (κ2) is 4.43. The standard InChI is InChI=1S/C10H16N2O2S2/c1-2-12-10(9-11-5-6-15-9)3-7-16(13,14)8-4-10/h5-6,12H,2-4,7-8H2,1H3. The predicted octanol–water partition coefficient (Wildman–Crippen LogP) is 1.16. The van der Waals surface area contributed by atoms with Crippen LogP contribution < -0.4 is 5.32 Å². The number of hydrogen-bond acceptors (Lipinski definition) is 5. The summed E-state index contributed by atoms with van der Waals surface area (Å²) in [7, 11) is -2.83. The molecule has 16 heavy (non-hydrogen) atoms. The highest BCUT2D eigenvalue weighted by Gasteiger charge is 2.39. The lowest BCUT2D eigenvalue weighted by molar-refractivity contribution is 0.306. The summed E-state index contributed by atoms with van der Waals surface area (Å²) in [6.07, 6.45) is 3.05. The highest BCUT2D eigenvalue weighted by molar-refractivity contribution is 7.91. The maximum atomic E-state index is 11.5. The number of aromatic nitrogens is 1. The van der Waals surface area contributed by atoms with Crippen molar-refractivity contribution in [2.75, 3.05) is 18.1 Å². The highest BCUT2D eigenvalue weighted by Crippen LogP contribution is 2.34. The van der Waals surface area contributed by atoms with Gasteiger partial charge in [0.1, 0.15) is 14.8 Å². The van der Waals surface area contributed by atoms with E-state index in [1.165, 1.54) is 0 Å². The van der Waals surface area contributed by atoms with E-state index in [4.69, 9.17) is 0 Å². The summed E-state index contributed by atoms with van der Waals surface area (Å²) in [5, 5.41) is 6.38. The van der Waals surface area contributed by atoms with Crippen LogP contribution in [0, 0.1) is 0 Å². The zero-order chi connectivity index (χ0) is 11.6. The molecule has 0 aliphatic carbocycles. The van der Waals surface area contributed by atoms with Gasteiger partial charge in [-0.25, -0.2) is 13.4 Å². The Morgan fingerprint density at radius 1 is 1.50 bits per heavy atom. The summed E-state index contributed by atoms with van der Waals surface area (Å²) < 4.78 is 22.9. The quantitative estimate of drug-likeness (QED) is 0.886. The molecule has 0 bridgehead atoms. The molecule has 0 spiro atoms. The molecular weight excluding hydrogens is 244 g/mol. The Kier molecular flexibility index (Phi) is 3.32. The first-order valence-corrected chi connectivity index (χ1v) is 8.13. The van der Waals surface area contributed by atoms with Gasteiger partial charge in [0.25, 0.3) is 0 Å². The molecule has 2 heterocycles. The molecule has 6 heteroatoms. The van der Waals surface area contributed by atoms with E-state index in [1.807, 2.05) is 12.3 Å². The van der Waals surface area contributed by atoms with Crippen molar-refractivity contribution < 1.29 is 8.42 Å². The van der Waals surface area contributed by atoms with Gasteiger partial charge < -0.3 is 5.32 Å². The zero-order valence-electron chi connectivity index (χ0n) is 9.27. The zero-order valence-corrected chi connectivity index (χ0v) is 10.9. The molecule has 1 aromatic heterocycles. The topological polar surface area (TPSA) is 59.1 Å². The van der Waals surface area contributed by atoms with E-state index < -0.39 is 9.84 Å². The van der Waals surface area contributed by atoms with Gasteiger partial charge in [0.05, 0.1) is 17.0 Å². The predicted molar refractivity (Wildman–Crippen MR) is 65.4 cm³/mol. The van der Waals surface area contributed by atoms with Gasteiger partial charge in [-0.1, -0.05) is 6.92 Å². The summed E-state index contributed by atoms with van der Waals surface area (Å²) in [5.41, 5.74) is -0.214. The van der Waals surface area contributed by atoms with Gasteiger partial charge >= 0.3 is 0 Å². The minimum atomic E-state index is -2.83. The van der Waals surface area contributed by atoms with Crippen LogP contribution in [0.5, 0.6) is 0 Å². The third-order valence-corrected chi connectivity index (χ3v) is 5.67. The molecule has 2 rings (SSSR count). The summed E-state index contributed by atoms with van der Waals surface area (Å²) >= 11 is 1.60. The van der Waals surface area contributed by atoms with Gasteiger partial charge in [-0.15, -0.1) is 11.3 Å². The second-order valence-electron chi connectivity index (χ2n) is 4.10. The van der Waals surface area contributed by atoms with E-state index in [2.05, 4.69) is 10.3 Å². The van der Waals surface area contributed by atoms with Gasteiger partial charge in [0.2, 0.25) is 0 Å². The van der Waals surface area contributed by atoms with Crippen LogP contribution >= 0.6 is 11.3 Å². The number of hydrogen-bond donors (Lipinski definition) is 1. The Hall–Kier alpha value is -0.460. The molecule has 1 aliphatic heterocycles. The minimum absolute atomic E-state index is 0.214. The molecule has 0 aromatic carbocycles. The van der Waals surface area contributed by atoms with Crippen molar-refractivity contribution in [1.29, 1.82) is 0 Å². The Balaban J connectivity index is 2.25. The third kappa shape index (κ3) is 2.28. The molecule has 0 atom stereocenters. The van der Waals surface area contributed by atoms with Crippen molar-refractivity contribution in [3.63, 3.8) is 0 Å². The highest BCUT2D eigenvalue weighted by atomic mass is 32.2. The number of nitrogens with one attached hydrogen (secondary N) is 1. The first kappa shape index (κ1) is 12.0. The van der Waals surface area contributed by atoms with Crippen molar-refractivity contribution in [2.24, 2.45) is 0 Å². The van der Waals surface area contributed by atoms with Crippen molar-refractivity contribution in [1.82, 2.24) is 10.3 Å². The van der Waals surface area contributed by atoms with Crippen LogP contribution in [0.4, 0.5) is 0 Å². The summed E-state index contributed by atoms with van der Waals surface area (Å²) in [6, 6.07) is 0. The summed E-state index contributed by atoms with van der Waals surface area (Å²) in [5.74, 6) is 0.527. The molecular formula is C10H16N2O2S2. The van der Waals surface area contributed by atoms with Crippen LogP contribution in [0.25, 0.3) is 0 Å². The fourth-order valence-electron chi connectivity index (χ4n) is 2.15. The van der Waals surface area contributed by atoms with E-state index in [-0.39, 0.29) is 17.0 Å². The van der Waals surface area contributed by atoms with Crippen LogP contribution in [0.1, 0.15) is 24.8 Å². The maximum Gasteiger partial charge on any atom is 0.150 e. The van der Waals surface area contributed by atoms with Crippen LogP contribution in [0.2, 0.25) is 0 Å². The van der Waals surface area contributed by atoms with E-state index in [9.17, 15) is 8.42 Å². The fraction of sp³-hybridized carbons (Fsp3) is 0.700. The number of nitrogens with zero attached hydrogens (tertiary/aromatic N) is 1. The third-order valence-electron chi connectivity index (χ3n) is 3.04. The Morgan fingerprint density at radius 3 is 2.69 bits per heavy atom. The molecule has 4 nitrogen and oxygen atoms in total. The molecule has 0 amide bonds. The molecule has 90 valence electrons. The second-order valence-corrected chi connectivity index (χ2v) is 7.30. The van der Waals surface area contributed by atoms with E-state index in [0.29, 0.717) is 12.8 Å². The Labute approximate surface area is 100 Å². The molecule has 0 saturated carbocycles. The average molecular weight is 260 g/mol. The van der Waals surface area contributed by atoms with Crippen molar-refractivity contribution in [3.8, 4) is 0 Å². The molecule has 0 radical (unpaired) electrons. The van der Waals surface area contributed by atoms with Gasteiger partial charge in [-0.05, 0) is 19.4 Å².